The molecule has 0 bridgehead atoms. The Bertz CT molecular complexity index is 122. The van der Waals surface area contributed by atoms with E-state index in [9.17, 15) is 5.21 Å². The summed E-state index contributed by atoms with van der Waals surface area (Å²) in [6.07, 6.45) is 3.17. The molecule has 0 saturated heterocycles. The summed E-state index contributed by atoms with van der Waals surface area (Å²) in [4.78, 5) is 0. The Morgan fingerprint density at radius 3 is 3.00 bits per heavy atom. The van der Waals surface area contributed by atoms with Gasteiger partial charge in [0.05, 0.1) is 0 Å². The molecule has 0 aromatic heterocycles. The summed E-state index contributed by atoms with van der Waals surface area (Å²) in [5, 5.41) is 19.1. The minimum Gasteiger partial charge on any atom is -0.624 e. The second kappa shape index (κ2) is 2.82. The van der Waals surface area contributed by atoms with Crippen molar-refractivity contribution in [2.24, 2.45) is 5.92 Å². The van der Waals surface area contributed by atoms with Crippen LogP contribution in [-0.4, -0.2) is 29.2 Å². The maximum atomic E-state index is 10.5. The van der Waals surface area contributed by atoms with Gasteiger partial charge in [-0.1, -0.05) is 0 Å². The third-order valence-electron chi connectivity index (χ3n) is 1.66. The fourth-order valence-corrected chi connectivity index (χ4v) is 0.951. The number of nitrogens with zero attached hydrogens (tertiary/aromatic N) is 1. The van der Waals surface area contributed by atoms with Gasteiger partial charge in [0.25, 0.3) is 0 Å². The van der Waals surface area contributed by atoms with Crippen LogP contribution in [0.4, 0.5) is 0 Å². The lowest BCUT2D eigenvalue weighted by molar-refractivity contribution is -0.461. The molecule has 0 amide bonds. The van der Waals surface area contributed by atoms with Crippen LogP contribution >= 0.6 is 0 Å². The zero-order valence-electron chi connectivity index (χ0n) is 5.29. The van der Waals surface area contributed by atoms with Crippen molar-refractivity contribution in [1.82, 2.24) is 0 Å². The third kappa shape index (κ3) is 1.68. The number of hydroxylamine groups is 1. The Morgan fingerprint density at radius 1 is 1.78 bits per heavy atom. The average Bonchev–Trinajstić information content (AvgIpc) is 1.90. The normalized spacial score (nSPS) is 27.7. The van der Waals surface area contributed by atoms with Gasteiger partial charge in [0, 0.05) is 19.4 Å². The fourth-order valence-electron chi connectivity index (χ4n) is 0.951. The summed E-state index contributed by atoms with van der Waals surface area (Å²) in [7, 11) is 0. The molecule has 0 aliphatic carbocycles. The molecule has 0 aromatic rings. The largest absolute Gasteiger partial charge is 0.624 e. The van der Waals surface area contributed by atoms with Gasteiger partial charge in [0.2, 0.25) is 0 Å². The molecule has 1 atom stereocenters. The van der Waals surface area contributed by atoms with Crippen molar-refractivity contribution in [2.75, 3.05) is 13.2 Å². The zero-order chi connectivity index (χ0) is 6.69. The molecule has 1 rings (SSSR count). The summed E-state index contributed by atoms with van der Waals surface area (Å²) in [6, 6.07) is 0. The van der Waals surface area contributed by atoms with Gasteiger partial charge in [-0.05, 0) is 5.92 Å². The highest BCUT2D eigenvalue weighted by molar-refractivity contribution is 5.52. The molecule has 0 aromatic carbocycles. The Balaban J connectivity index is 2.36. The summed E-state index contributed by atoms with van der Waals surface area (Å²) < 4.78 is 0.937. The van der Waals surface area contributed by atoms with E-state index in [0.29, 0.717) is 12.5 Å². The van der Waals surface area contributed by atoms with Crippen LogP contribution in [0.1, 0.15) is 12.8 Å². The molecule has 0 fully saturated rings. The molecule has 0 saturated carbocycles. The second-order valence-corrected chi connectivity index (χ2v) is 2.40. The lowest BCUT2D eigenvalue weighted by Crippen LogP contribution is -2.21. The molecule has 1 aliphatic rings. The quantitative estimate of drug-likeness (QED) is 0.399. The van der Waals surface area contributed by atoms with Gasteiger partial charge in [-0.2, -0.15) is 0 Å². The lowest BCUT2D eigenvalue weighted by Gasteiger charge is -2.15. The standard InChI is InChI=1S/C6H11NO2/c8-5-6-1-3-7(9)4-2-6/h3,6,8H,1-2,4-5H2/t6-/m0/s1. The predicted octanol–water partition coefficient (Wildman–Crippen LogP) is -0.0302. The van der Waals surface area contributed by atoms with Crippen LogP contribution in [0.15, 0.2) is 0 Å². The van der Waals surface area contributed by atoms with Gasteiger partial charge < -0.3 is 10.3 Å². The zero-order valence-corrected chi connectivity index (χ0v) is 5.29. The number of aliphatic hydroxyl groups excluding tert-OH is 1. The van der Waals surface area contributed by atoms with Crippen molar-refractivity contribution in [3.05, 3.63) is 5.21 Å². The van der Waals surface area contributed by atoms with Crippen LogP contribution in [0.25, 0.3) is 0 Å². The van der Waals surface area contributed by atoms with Crippen molar-refractivity contribution in [1.29, 1.82) is 0 Å². The van der Waals surface area contributed by atoms with E-state index in [1.165, 1.54) is 0 Å². The van der Waals surface area contributed by atoms with E-state index in [2.05, 4.69) is 0 Å². The first-order valence-electron chi connectivity index (χ1n) is 3.21. The molecule has 3 nitrogen and oxygen atoms in total. The maximum absolute atomic E-state index is 10.5. The molecule has 52 valence electrons. The van der Waals surface area contributed by atoms with Crippen molar-refractivity contribution < 1.29 is 9.85 Å². The summed E-state index contributed by atoms with van der Waals surface area (Å²) >= 11 is 0. The second-order valence-electron chi connectivity index (χ2n) is 2.40. The van der Waals surface area contributed by atoms with Gasteiger partial charge in [0.15, 0.2) is 12.8 Å². The molecule has 1 heterocycles. The van der Waals surface area contributed by atoms with E-state index >= 15 is 0 Å². The van der Waals surface area contributed by atoms with E-state index in [-0.39, 0.29) is 6.61 Å². The number of rotatable bonds is 1. The third-order valence-corrected chi connectivity index (χ3v) is 1.66. The topological polar surface area (TPSA) is 46.3 Å². The minimum atomic E-state index is 0.213. The SMILES string of the molecule is [O-][N+]1=CC[C@H](CO)CC1. The molecule has 1 aliphatic heterocycles. The van der Waals surface area contributed by atoms with Crippen LogP contribution in [0.5, 0.6) is 0 Å². The first-order chi connectivity index (χ1) is 4.33. The number of hydrogen-bond acceptors (Lipinski definition) is 2. The van der Waals surface area contributed by atoms with Gasteiger partial charge in [-0.25, -0.2) is 4.74 Å². The monoisotopic (exact) mass is 129 g/mol. The number of aliphatic hydroxyl groups is 1. The first kappa shape index (κ1) is 6.55. The Hall–Kier alpha value is -0.570. The van der Waals surface area contributed by atoms with Gasteiger partial charge in [-0.15, -0.1) is 0 Å². The highest BCUT2D eigenvalue weighted by Crippen LogP contribution is 2.09. The molecule has 9 heavy (non-hydrogen) atoms. The van der Waals surface area contributed by atoms with Crippen molar-refractivity contribution in [3.63, 3.8) is 0 Å². The molecular weight excluding hydrogens is 118 g/mol. The molecule has 3 heteroatoms. The predicted molar refractivity (Wildman–Crippen MR) is 34.4 cm³/mol. The molecule has 0 spiro atoms. The number of hydrogen-bond donors (Lipinski definition) is 1. The average molecular weight is 129 g/mol. The van der Waals surface area contributed by atoms with Gasteiger partial charge in [0.1, 0.15) is 0 Å². The van der Waals surface area contributed by atoms with Crippen LogP contribution in [0.3, 0.4) is 0 Å². The summed E-state index contributed by atoms with van der Waals surface area (Å²) in [6.45, 7) is 0.759. The lowest BCUT2D eigenvalue weighted by atomic mass is 10.0. The van der Waals surface area contributed by atoms with Gasteiger partial charge >= 0.3 is 0 Å². The molecule has 1 N–H and O–H groups in total. The van der Waals surface area contributed by atoms with E-state index in [1.807, 2.05) is 0 Å². The van der Waals surface area contributed by atoms with E-state index < -0.39 is 0 Å². The highest BCUT2D eigenvalue weighted by Gasteiger charge is 2.14. The van der Waals surface area contributed by atoms with Crippen LogP contribution < -0.4 is 0 Å². The smallest absolute Gasteiger partial charge is 0.153 e. The van der Waals surface area contributed by atoms with Crippen molar-refractivity contribution in [2.45, 2.75) is 12.8 Å². The Kier molecular flexibility index (Phi) is 2.05. The minimum absolute atomic E-state index is 0.213. The van der Waals surface area contributed by atoms with Crippen LogP contribution in [0, 0.1) is 11.1 Å². The van der Waals surface area contributed by atoms with E-state index in [1.54, 1.807) is 6.21 Å². The first-order valence-corrected chi connectivity index (χ1v) is 3.21. The maximum Gasteiger partial charge on any atom is 0.153 e. The fraction of sp³-hybridized carbons (Fsp3) is 0.833. The van der Waals surface area contributed by atoms with Gasteiger partial charge in [-0.3, -0.25) is 0 Å². The highest BCUT2D eigenvalue weighted by atomic mass is 16.5. The molecule has 0 unspecified atom stereocenters. The molecular formula is C6H11NO2. The van der Waals surface area contributed by atoms with Crippen molar-refractivity contribution >= 4 is 6.21 Å². The van der Waals surface area contributed by atoms with Crippen LogP contribution in [-0.2, 0) is 0 Å². The summed E-state index contributed by atoms with van der Waals surface area (Å²) in [5.41, 5.74) is 0. The van der Waals surface area contributed by atoms with Crippen molar-refractivity contribution in [3.8, 4) is 0 Å². The van der Waals surface area contributed by atoms with E-state index in [0.717, 1.165) is 17.6 Å². The van der Waals surface area contributed by atoms with E-state index in [4.69, 9.17) is 5.11 Å². The summed E-state index contributed by atoms with van der Waals surface area (Å²) in [5.74, 6) is 0.329. The van der Waals surface area contributed by atoms with Crippen LogP contribution in [0.2, 0.25) is 0 Å². The molecule has 0 radical (unpaired) electrons. The Labute approximate surface area is 54.2 Å². The Morgan fingerprint density at radius 2 is 2.56 bits per heavy atom.